The average Bonchev–Trinajstić information content (AvgIpc) is 3.16. The van der Waals surface area contributed by atoms with Gasteiger partial charge in [0.1, 0.15) is 18.8 Å². The number of ether oxygens (including phenoxy) is 9. The van der Waals surface area contributed by atoms with Gasteiger partial charge in [0.2, 0.25) is 0 Å². The van der Waals surface area contributed by atoms with Gasteiger partial charge >= 0.3 is 29.8 Å². The van der Waals surface area contributed by atoms with Gasteiger partial charge in [-0.05, 0) is 65.1 Å². The Morgan fingerprint density at radius 3 is 1.57 bits per heavy atom. The summed E-state index contributed by atoms with van der Waals surface area (Å²) in [5, 5.41) is 0. The summed E-state index contributed by atoms with van der Waals surface area (Å²) in [6.45, 7) is 1.87. The van der Waals surface area contributed by atoms with Crippen molar-refractivity contribution in [2.24, 2.45) is 0 Å². The molecule has 15 heteroatoms. The molecule has 2 aliphatic rings. The third-order valence-electron chi connectivity index (χ3n) is 7.96. The molecule has 0 radical (unpaired) electrons. The number of halogens is 1. The van der Waals surface area contributed by atoms with Gasteiger partial charge in [-0.2, -0.15) is 0 Å². The third-order valence-corrected chi connectivity index (χ3v) is 8.83. The minimum absolute atomic E-state index is 0.179. The average molecular weight is 845 g/mol. The van der Waals surface area contributed by atoms with Crippen LogP contribution >= 0.6 is 22.6 Å². The number of carbonyl (C=O) groups excluding carboxylic acids is 5. The zero-order valence-electron chi connectivity index (χ0n) is 28.9. The van der Waals surface area contributed by atoms with Gasteiger partial charge in [0.25, 0.3) is 0 Å². The standard InChI is InChI=1S/C38H37IO14/c1-22(40)46-20-29-28(48-23(2)41)19-27(39)37(49-29)47-21-30-31(51-34(42)24-13-7-4-8-14-24)32(52-35(43)25-15-9-5-10-16-25)33(38(45-3)50-30)53-36(44)26-17-11-6-12-18-26/h4-19,28-33,37-38H,20-21H2,1-3H3. The molecule has 14 nitrogen and oxygen atoms in total. The van der Waals surface area contributed by atoms with E-state index in [0.717, 1.165) is 0 Å². The van der Waals surface area contributed by atoms with Gasteiger partial charge in [-0.15, -0.1) is 0 Å². The van der Waals surface area contributed by atoms with E-state index < -0.39 is 79.1 Å². The van der Waals surface area contributed by atoms with Crippen LogP contribution in [0.1, 0.15) is 44.9 Å². The summed E-state index contributed by atoms with van der Waals surface area (Å²) in [7, 11) is 1.31. The third kappa shape index (κ3) is 10.7. The Bertz CT molecular complexity index is 1750. The molecule has 3 aromatic carbocycles. The van der Waals surface area contributed by atoms with E-state index in [1.54, 1.807) is 84.9 Å². The van der Waals surface area contributed by atoms with Crippen molar-refractivity contribution < 1.29 is 66.6 Å². The molecule has 0 spiro atoms. The van der Waals surface area contributed by atoms with E-state index in [1.165, 1.54) is 33.1 Å². The van der Waals surface area contributed by atoms with Gasteiger partial charge in [0, 0.05) is 24.5 Å². The van der Waals surface area contributed by atoms with Crippen molar-refractivity contribution in [3.05, 3.63) is 117 Å². The van der Waals surface area contributed by atoms with Crippen LogP contribution in [0.25, 0.3) is 0 Å². The second-order valence-corrected chi connectivity index (χ2v) is 13.0. The van der Waals surface area contributed by atoms with Gasteiger partial charge in [0.05, 0.1) is 23.3 Å². The van der Waals surface area contributed by atoms with E-state index in [1.807, 2.05) is 22.6 Å². The molecule has 8 unspecified atom stereocenters. The number of benzene rings is 3. The fourth-order valence-electron chi connectivity index (χ4n) is 5.48. The quantitative estimate of drug-likeness (QED) is 0.133. The predicted octanol–water partition coefficient (Wildman–Crippen LogP) is 4.59. The van der Waals surface area contributed by atoms with Gasteiger partial charge in [-0.25, -0.2) is 14.4 Å². The minimum atomic E-state index is -1.48. The smallest absolute Gasteiger partial charge is 0.338 e. The minimum Gasteiger partial charge on any atom is -0.463 e. The van der Waals surface area contributed by atoms with E-state index in [2.05, 4.69) is 0 Å². The summed E-state index contributed by atoms with van der Waals surface area (Å²) in [6.07, 6.45) is -8.22. The van der Waals surface area contributed by atoms with Crippen LogP contribution in [0.2, 0.25) is 0 Å². The Labute approximate surface area is 318 Å². The molecule has 0 aliphatic carbocycles. The molecule has 2 aliphatic heterocycles. The molecule has 8 atom stereocenters. The Hall–Kier alpha value is -4.68. The Morgan fingerprint density at radius 2 is 1.09 bits per heavy atom. The lowest BCUT2D eigenvalue weighted by molar-refractivity contribution is -0.301. The molecule has 1 saturated heterocycles. The van der Waals surface area contributed by atoms with Crippen LogP contribution in [-0.4, -0.2) is 99.4 Å². The molecule has 0 aromatic heterocycles. The Balaban J connectivity index is 1.48. The Morgan fingerprint density at radius 1 is 0.604 bits per heavy atom. The molecule has 3 aromatic rings. The van der Waals surface area contributed by atoms with Crippen LogP contribution < -0.4 is 0 Å². The maximum atomic E-state index is 13.6. The van der Waals surface area contributed by atoms with Crippen LogP contribution in [0.4, 0.5) is 0 Å². The molecule has 0 amide bonds. The highest BCUT2D eigenvalue weighted by molar-refractivity contribution is 14.1. The van der Waals surface area contributed by atoms with Gasteiger partial charge in [0.15, 0.2) is 37.0 Å². The highest BCUT2D eigenvalue weighted by Gasteiger charge is 2.53. The first-order chi connectivity index (χ1) is 25.5. The SMILES string of the molecule is COC1OC(COC2OC(COC(C)=O)C(OC(C)=O)C=C2I)C(OC(=O)c2ccccc2)C(OC(=O)c2ccccc2)C1OC(=O)c1ccccc1. The molecule has 280 valence electrons. The van der Waals surface area contributed by atoms with E-state index in [-0.39, 0.29) is 29.9 Å². The fraction of sp³-hybridized carbons (Fsp3) is 0.342. The second kappa shape index (κ2) is 18.9. The van der Waals surface area contributed by atoms with E-state index in [4.69, 9.17) is 42.6 Å². The summed E-state index contributed by atoms with van der Waals surface area (Å²) in [4.78, 5) is 64.0. The normalized spacial score (nSPS) is 25.2. The summed E-state index contributed by atoms with van der Waals surface area (Å²) in [6, 6.07) is 24.3. The largest absolute Gasteiger partial charge is 0.463 e. The molecule has 2 heterocycles. The number of rotatable bonds is 13. The summed E-state index contributed by atoms with van der Waals surface area (Å²) in [5.41, 5.74) is 0.563. The van der Waals surface area contributed by atoms with Crippen LogP contribution in [0, 0.1) is 0 Å². The maximum absolute atomic E-state index is 13.6. The first-order valence-corrected chi connectivity index (χ1v) is 17.5. The summed E-state index contributed by atoms with van der Waals surface area (Å²) >= 11 is 1.95. The molecular weight excluding hydrogens is 807 g/mol. The summed E-state index contributed by atoms with van der Waals surface area (Å²) < 4.78 is 53.0. The molecule has 0 N–H and O–H groups in total. The lowest BCUT2D eigenvalue weighted by Crippen LogP contribution is -2.63. The Kier molecular flexibility index (Phi) is 14.1. The zero-order chi connectivity index (χ0) is 37.9. The first kappa shape index (κ1) is 39.5. The molecule has 0 saturated carbocycles. The molecule has 5 rings (SSSR count). The van der Waals surface area contributed by atoms with Crippen LogP contribution in [0.15, 0.2) is 101 Å². The van der Waals surface area contributed by atoms with Crippen molar-refractivity contribution in [3.8, 4) is 0 Å². The van der Waals surface area contributed by atoms with Crippen molar-refractivity contribution >= 4 is 52.4 Å². The van der Waals surface area contributed by atoms with E-state index >= 15 is 0 Å². The fourth-order valence-corrected chi connectivity index (χ4v) is 6.16. The van der Waals surface area contributed by atoms with Crippen molar-refractivity contribution in [2.75, 3.05) is 20.3 Å². The highest BCUT2D eigenvalue weighted by atomic mass is 127. The van der Waals surface area contributed by atoms with Gasteiger partial charge in [-0.3, -0.25) is 9.59 Å². The zero-order valence-corrected chi connectivity index (χ0v) is 31.0. The number of hydrogen-bond donors (Lipinski definition) is 0. The molecule has 53 heavy (non-hydrogen) atoms. The van der Waals surface area contributed by atoms with Crippen molar-refractivity contribution in [3.63, 3.8) is 0 Å². The van der Waals surface area contributed by atoms with Crippen molar-refractivity contribution in [2.45, 2.75) is 63.1 Å². The molecule has 0 bridgehead atoms. The number of methoxy groups -OCH3 is 1. The topological polar surface area (TPSA) is 168 Å². The molecular formula is C38H37IO14. The number of hydrogen-bond acceptors (Lipinski definition) is 14. The van der Waals surface area contributed by atoms with Crippen molar-refractivity contribution in [1.82, 2.24) is 0 Å². The highest BCUT2D eigenvalue weighted by Crippen LogP contribution is 2.33. The lowest BCUT2D eigenvalue weighted by atomic mass is 9.97. The monoisotopic (exact) mass is 844 g/mol. The van der Waals surface area contributed by atoms with Gasteiger partial charge < -0.3 is 42.6 Å². The van der Waals surface area contributed by atoms with Gasteiger partial charge in [-0.1, -0.05) is 54.6 Å². The summed E-state index contributed by atoms with van der Waals surface area (Å²) in [5.74, 6) is -3.51. The van der Waals surface area contributed by atoms with E-state index in [9.17, 15) is 24.0 Å². The number of esters is 5. The van der Waals surface area contributed by atoms with Crippen LogP contribution in [0.3, 0.4) is 0 Å². The van der Waals surface area contributed by atoms with E-state index in [0.29, 0.717) is 3.58 Å². The van der Waals surface area contributed by atoms with Crippen LogP contribution in [-0.2, 0) is 52.2 Å². The first-order valence-electron chi connectivity index (χ1n) is 16.4. The number of carbonyl (C=O) groups is 5. The predicted molar refractivity (Wildman–Crippen MR) is 192 cm³/mol. The van der Waals surface area contributed by atoms with Crippen LogP contribution in [0.5, 0.6) is 0 Å². The second-order valence-electron chi connectivity index (χ2n) is 11.8. The maximum Gasteiger partial charge on any atom is 0.338 e. The molecule has 1 fully saturated rings. The lowest BCUT2D eigenvalue weighted by Gasteiger charge is -2.44. The van der Waals surface area contributed by atoms with Crippen molar-refractivity contribution in [1.29, 1.82) is 0 Å².